The highest BCUT2D eigenvalue weighted by Gasteiger charge is 2.39. The molecule has 6 nitrogen and oxygen atoms in total. The van der Waals surface area contributed by atoms with Crippen molar-refractivity contribution in [3.05, 3.63) is 28.7 Å². The van der Waals surface area contributed by atoms with Crippen LogP contribution in [-0.2, 0) is 11.3 Å². The van der Waals surface area contributed by atoms with E-state index in [2.05, 4.69) is 0 Å². The van der Waals surface area contributed by atoms with Gasteiger partial charge in [-0.1, -0.05) is 5.47 Å². The molecule has 0 fully saturated rings. The van der Waals surface area contributed by atoms with Crippen LogP contribution in [0.25, 0.3) is 5.57 Å². The fraction of sp³-hybridized carbons (Fsp3) is 0.333. The van der Waals surface area contributed by atoms with Crippen LogP contribution in [0.2, 0.25) is 0 Å². The van der Waals surface area contributed by atoms with Crippen molar-refractivity contribution in [1.29, 1.82) is 0 Å². The lowest BCUT2D eigenvalue weighted by Gasteiger charge is -2.39. The highest BCUT2D eigenvalue weighted by Crippen LogP contribution is 2.44. The zero-order valence-electron chi connectivity index (χ0n) is 10.4. The van der Waals surface area contributed by atoms with Gasteiger partial charge in [0.15, 0.2) is 0 Å². The molecule has 0 saturated heterocycles. The van der Waals surface area contributed by atoms with Crippen LogP contribution >= 0.6 is 0 Å². The molecule has 2 aliphatic heterocycles. The van der Waals surface area contributed by atoms with Crippen molar-refractivity contribution in [3.63, 3.8) is 0 Å². The van der Waals surface area contributed by atoms with Crippen molar-refractivity contribution < 1.29 is 29.3 Å². The Bertz CT molecular complexity index is 566. The summed E-state index contributed by atoms with van der Waals surface area (Å²) in [7, 11) is 1.48. The molecule has 2 aliphatic rings. The van der Waals surface area contributed by atoms with Crippen molar-refractivity contribution in [2.24, 2.45) is 0 Å². The van der Waals surface area contributed by atoms with Gasteiger partial charge in [-0.3, -0.25) is 0 Å². The molecule has 0 atom stereocenters. The third-order valence-corrected chi connectivity index (χ3v) is 3.55. The van der Waals surface area contributed by atoms with Gasteiger partial charge in [0, 0.05) is 12.2 Å². The molecule has 2 heterocycles. The molecule has 0 bridgehead atoms. The fourth-order valence-corrected chi connectivity index (χ4v) is 2.59. The zero-order chi connectivity index (χ0) is 13.6. The van der Waals surface area contributed by atoms with Crippen molar-refractivity contribution >= 4 is 12.3 Å². The third kappa shape index (κ3) is 1.74. The summed E-state index contributed by atoms with van der Waals surface area (Å²) in [5.74, 6) is 0.687. The first-order valence-corrected chi connectivity index (χ1v) is 5.97. The van der Waals surface area contributed by atoms with Crippen LogP contribution in [0.5, 0.6) is 11.5 Å². The van der Waals surface area contributed by atoms with E-state index < -0.39 is 6.75 Å². The topological polar surface area (TPSA) is 88.4 Å². The molecular formula is C12H14BO6-. The number of fused-ring (bicyclic) bond motifs is 2. The molecule has 1 aromatic rings. The second-order valence-electron chi connectivity index (χ2n) is 4.60. The minimum Gasteiger partial charge on any atom is -0.666 e. The van der Waals surface area contributed by atoms with Crippen LogP contribution < -0.4 is 9.39 Å². The van der Waals surface area contributed by atoms with E-state index in [1.54, 1.807) is 12.1 Å². The summed E-state index contributed by atoms with van der Waals surface area (Å²) in [6, 6.07) is 3.48. The summed E-state index contributed by atoms with van der Waals surface area (Å²) >= 11 is 0. The third-order valence-electron chi connectivity index (χ3n) is 3.55. The highest BCUT2D eigenvalue weighted by atomic mass is 16.6. The molecule has 0 aliphatic carbocycles. The number of hydrogen-bond donors (Lipinski definition) is 3. The molecule has 19 heavy (non-hydrogen) atoms. The Morgan fingerprint density at radius 1 is 1.32 bits per heavy atom. The summed E-state index contributed by atoms with van der Waals surface area (Å²) < 4.78 is 15.7. The number of aliphatic hydroxyl groups excluding tert-OH is 1. The van der Waals surface area contributed by atoms with Crippen LogP contribution in [0.15, 0.2) is 17.6 Å². The van der Waals surface area contributed by atoms with Crippen molar-refractivity contribution in [2.75, 3.05) is 20.3 Å². The van der Waals surface area contributed by atoms with Gasteiger partial charge in [0.1, 0.15) is 5.75 Å². The van der Waals surface area contributed by atoms with E-state index in [0.29, 0.717) is 34.5 Å². The minimum atomic E-state index is -3.11. The van der Waals surface area contributed by atoms with Gasteiger partial charge in [-0.05, 0) is 17.7 Å². The highest BCUT2D eigenvalue weighted by molar-refractivity contribution is 6.69. The van der Waals surface area contributed by atoms with Crippen LogP contribution in [0.3, 0.4) is 0 Å². The van der Waals surface area contributed by atoms with Crippen LogP contribution in [0, 0.1) is 0 Å². The van der Waals surface area contributed by atoms with Crippen LogP contribution in [0.1, 0.15) is 11.1 Å². The normalized spacial score (nSPS) is 19.8. The summed E-state index contributed by atoms with van der Waals surface area (Å²) in [4.78, 5) is 0. The smallest absolute Gasteiger partial charge is 0.460 e. The van der Waals surface area contributed by atoms with E-state index in [4.69, 9.17) is 14.1 Å². The monoisotopic (exact) mass is 265 g/mol. The Morgan fingerprint density at radius 2 is 2.11 bits per heavy atom. The van der Waals surface area contributed by atoms with Crippen molar-refractivity contribution in [2.45, 2.75) is 6.61 Å². The van der Waals surface area contributed by atoms with E-state index in [1.165, 1.54) is 7.11 Å². The number of benzene rings is 1. The number of ether oxygens (including phenoxy) is 2. The molecule has 0 unspecified atom stereocenters. The Labute approximate surface area is 109 Å². The first kappa shape index (κ1) is 12.5. The van der Waals surface area contributed by atoms with E-state index in [1.807, 2.05) is 0 Å². The molecule has 7 heteroatoms. The van der Waals surface area contributed by atoms with Gasteiger partial charge in [0.25, 0.3) is 0 Å². The molecule has 0 spiro atoms. The number of methoxy groups -OCH3 is 1. The average Bonchev–Trinajstić information content (AvgIpc) is 2.87. The lowest BCUT2D eigenvalue weighted by Crippen LogP contribution is -2.48. The SMILES string of the molecule is COc1ccc2c(c1CO)O[B-](O)(O)C1=C2COC1. The van der Waals surface area contributed by atoms with Gasteiger partial charge in [0.2, 0.25) is 0 Å². The molecule has 1 aromatic carbocycles. The van der Waals surface area contributed by atoms with Gasteiger partial charge in [-0.2, -0.15) is 0 Å². The molecular weight excluding hydrogens is 251 g/mol. The molecule has 0 radical (unpaired) electrons. The van der Waals surface area contributed by atoms with E-state index in [9.17, 15) is 15.2 Å². The van der Waals surface area contributed by atoms with E-state index in [0.717, 1.165) is 0 Å². The Kier molecular flexibility index (Phi) is 2.79. The molecule has 3 rings (SSSR count). The number of aliphatic hydroxyl groups is 1. The summed E-state index contributed by atoms with van der Waals surface area (Å²) in [5.41, 5.74) is 2.18. The predicted molar refractivity (Wildman–Crippen MR) is 67.5 cm³/mol. The summed E-state index contributed by atoms with van der Waals surface area (Å²) in [6.45, 7) is -2.99. The first-order chi connectivity index (χ1) is 9.08. The van der Waals surface area contributed by atoms with E-state index >= 15 is 0 Å². The minimum absolute atomic E-state index is 0.141. The predicted octanol–water partition coefficient (Wildman–Crippen LogP) is -0.174. The maximum Gasteiger partial charge on any atom is 0.460 e. The second-order valence-corrected chi connectivity index (χ2v) is 4.60. The van der Waals surface area contributed by atoms with Gasteiger partial charge >= 0.3 is 6.75 Å². The quantitative estimate of drug-likeness (QED) is 0.643. The zero-order valence-corrected chi connectivity index (χ0v) is 10.4. The first-order valence-electron chi connectivity index (χ1n) is 5.97. The lowest BCUT2D eigenvalue weighted by molar-refractivity contribution is 0.200. The molecule has 0 amide bonds. The lowest BCUT2D eigenvalue weighted by atomic mass is 9.65. The Morgan fingerprint density at radius 3 is 2.79 bits per heavy atom. The van der Waals surface area contributed by atoms with Gasteiger partial charge in [0.05, 0.1) is 31.6 Å². The Hall–Kier alpha value is -1.54. The van der Waals surface area contributed by atoms with Crippen molar-refractivity contribution in [3.8, 4) is 11.5 Å². The van der Waals surface area contributed by atoms with Gasteiger partial charge < -0.3 is 29.3 Å². The second kappa shape index (κ2) is 4.24. The van der Waals surface area contributed by atoms with E-state index in [-0.39, 0.29) is 19.0 Å². The standard InChI is InChI=1S/C12H14BO6/c1-17-11-3-2-7-9-5-18-6-10(9)13(15,16)19-12(7)8(11)4-14/h2-3,14-16H,4-6H2,1H3/q-1. The largest absolute Gasteiger partial charge is 0.666 e. The van der Waals surface area contributed by atoms with Gasteiger partial charge in [-0.15, -0.1) is 0 Å². The molecule has 0 saturated carbocycles. The van der Waals surface area contributed by atoms with Crippen LogP contribution in [-0.4, -0.2) is 42.2 Å². The maximum absolute atomic E-state index is 10.0. The summed E-state index contributed by atoms with van der Waals surface area (Å²) in [5, 5.41) is 29.5. The number of rotatable bonds is 2. The van der Waals surface area contributed by atoms with Crippen molar-refractivity contribution in [1.82, 2.24) is 0 Å². The summed E-state index contributed by atoms with van der Waals surface area (Å²) in [6.07, 6.45) is 0. The fourth-order valence-electron chi connectivity index (χ4n) is 2.59. The maximum atomic E-state index is 10.0. The Balaban J connectivity index is 2.24. The molecule has 102 valence electrons. The average molecular weight is 265 g/mol. The molecule has 3 N–H and O–H groups in total. The molecule has 0 aromatic heterocycles. The number of hydrogen-bond acceptors (Lipinski definition) is 6. The van der Waals surface area contributed by atoms with Crippen LogP contribution in [0.4, 0.5) is 0 Å². The van der Waals surface area contributed by atoms with Gasteiger partial charge in [-0.25, -0.2) is 0 Å².